The topological polar surface area (TPSA) is 47.6 Å². The number of amides is 1. The Hall–Kier alpha value is -2.49. The van der Waals surface area contributed by atoms with Crippen LogP contribution in [0.5, 0.6) is 11.5 Å². The van der Waals surface area contributed by atoms with Gasteiger partial charge in [0.25, 0.3) is 0 Å². The molecular formula is C19H21NO3. The third kappa shape index (κ3) is 4.03. The third-order valence-electron chi connectivity index (χ3n) is 3.94. The van der Waals surface area contributed by atoms with Gasteiger partial charge in [0.05, 0.1) is 6.04 Å². The van der Waals surface area contributed by atoms with Crippen molar-refractivity contribution in [1.82, 2.24) is 5.32 Å². The molecule has 1 aliphatic rings. The number of fused-ring (bicyclic) bond motifs is 1. The number of rotatable bonds is 5. The molecule has 0 aliphatic carbocycles. The Bertz CT molecular complexity index is 657. The number of benzene rings is 2. The SMILES string of the molecule is C[C@H](NC(=O)CC[C@H]1COc2ccccc2O1)c1ccccc1. The van der Waals surface area contributed by atoms with Gasteiger partial charge in [-0.3, -0.25) is 4.79 Å². The lowest BCUT2D eigenvalue weighted by atomic mass is 10.1. The van der Waals surface area contributed by atoms with Gasteiger partial charge in [-0.25, -0.2) is 0 Å². The average Bonchev–Trinajstić information content (AvgIpc) is 2.60. The molecule has 1 N–H and O–H groups in total. The summed E-state index contributed by atoms with van der Waals surface area (Å²) in [5, 5.41) is 3.02. The normalized spacial score (nSPS) is 17.3. The summed E-state index contributed by atoms with van der Waals surface area (Å²) in [6, 6.07) is 17.6. The first-order valence-corrected chi connectivity index (χ1v) is 7.95. The van der Waals surface area contributed by atoms with Crippen LogP contribution in [0.15, 0.2) is 54.6 Å². The van der Waals surface area contributed by atoms with Crippen LogP contribution >= 0.6 is 0 Å². The average molecular weight is 311 g/mol. The van der Waals surface area contributed by atoms with Crippen molar-refractivity contribution in [2.45, 2.75) is 31.9 Å². The maximum absolute atomic E-state index is 12.1. The number of nitrogens with one attached hydrogen (secondary N) is 1. The highest BCUT2D eigenvalue weighted by Gasteiger charge is 2.21. The molecule has 0 bridgehead atoms. The molecule has 0 saturated carbocycles. The second kappa shape index (κ2) is 7.18. The van der Waals surface area contributed by atoms with Crippen LogP contribution in [0.1, 0.15) is 31.4 Å². The second-order valence-corrected chi connectivity index (χ2v) is 5.74. The van der Waals surface area contributed by atoms with Crippen molar-refractivity contribution in [2.75, 3.05) is 6.61 Å². The molecule has 0 spiro atoms. The predicted molar refractivity (Wildman–Crippen MR) is 88.6 cm³/mol. The number of ether oxygens (including phenoxy) is 2. The summed E-state index contributed by atoms with van der Waals surface area (Å²) in [5.74, 6) is 1.55. The molecule has 23 heavy (non-hydrogen) atoms. The van der Waals surface area contributed by atoms with E-state index in [2.05, 4.69) is 5.32 Å². The van der Waals surface area contributed by atoms with Gasteiger partial charge < -0.3 is 14.8 Å². The highest BCUT2D eigenvalue weighted by Crippen LogP contribution is 2.31. The molecule has 1 amide bonds. The van der Waals surface area contributed by atoms with Crippen molar-refractivity contribution in [3.8, 4) is 11.5 Å². The Morgan fingerprint density at radius 2 is 1.83 bits per heavy atom. The van der Waals surface area contributed by atoms with Crippen LogP contribution < -0.4 is 14.8 Å². The van der Waals surface area contributed by atoms with Gasteiger partial charge in [0, 0.05) is 6.42 Å². The Labute approximate surface area is 136 Å². The van der Waals surface area contributed by atoms with Crippen LogP contribution in [0.2, 0.25) is 0 Å². The molecule has 1 heterocycles. The highest BCUT2D eigenvalue weighted by molar-refractivity contribution is 5.76. The maximum Gasteiger partial charge on any atom is 0.220 e. The first-order chi connectivity index (χ1) is 11.2. The lowest BCUT2D eigenvalue weighted by Gasteiger charge is -2.26. The van der Waals surface area contributed by atoms with E-state index < -0.39 is 0 Å². The molecule has 0 radical (unpaired) electrons. The van der Waals surface area contributed by atoms with Gasteiger partial charge in [-0.15, -0.1) is 0 Å². The predicted octanol–water partition coefficient (Wildman–Crippen LogP) is 3.48. The fourth-order valence-electron chi connectivity index (χ4n) is 2.64. The molecule has 0 fully saturated rings. The summed E-state index contributed by atoms with van der Waals surface area (Å²) in [6.07, 6.45) is 0.984. The smallest absolute Gasteiger partial charge is 0.220 e. The lowest BCUT2D eigenvalue weighted by Crippen LogP contribution is -2.32. The first kappa shape index (κ1) is 15.4. The van der Waals surface area contributed by atoms with Gasteiger partial charge in [-0.2, -0.15) is 0 Å². The van der Waals surface area contributed by atoms with Crippen molar-refractivity contribution >= 4 is 5.91 Å². The van der Waals surface area contributed by atoms with E-state index >= 15 is 0 Å². The highest BCUT2D eigenvalue weighted by atomic mass is 16.6. The fourth-order valence-corrected chi connectivity index (χ4v) is 2.64. The van der Waals surface area contributed by atoms with Gasteiger partial charge in [0.1, 0.15) is 12.7 Å². The number of hydrogen-bond acceptors (Lipinski definition) is 3. The minimum absolute atomic E-state index is 0.00736. The summed E-state index contributed by atoms with van der Waals surface area (Å²) >= 11 is 0. The summed E-state index contributed by atoms with van der Waals surface area (Å²) in [5.41, 5.74) is 1.10. The quantitative estimate of drug-likeness (QED) is 0.919. The molecule has 2 aromatic rings. The first-order valence-electron chi connectivity index (χ1n) is 7.95. The van der Waals surface area contributed by atoms with Crippen molar-refractivity contribution < 1.29 is 14.3 Å². The van der Waals surface area contributed by atoms with Crippen LogP contribution in [0.3, 0.4) is 0 Å². The van der Waals surface area contributed by atoms with Gasteiger partial charge in [0.15, 0.2) is 11.5 Å². The van der Waals surface area contributed by atoms with E-state index in [0.717, 1.165) is 17.1 Å². The molecule has 2 aromatic carbocycles. The minimum atomic E-state index is -0.0809. The van der Waals surface area contributed by atoms with E-state index in [1.165, 1.54) is 0 Å². The van der Waals surface area contributed by atoms with Gasteiger partial charge in [-0.05, 0) is 31.0 Å². The van der Waals surface area contributed by atoms with Crippen LogP contribution in [0.25, 0.3) is 0 Å². The number of carbonyl (C=O) groups excluding carboxylic acids is 1. The molecule has 0 unspecified atom stereocenters. The molecule has 120 valence electrons. The molecular weight excluding hydrogens is 290 g/mol. The molecule has 3 rings (SSSR count). The van der Waals surface area contributed by atoms with Crippen molar-refractivity contribution in [3.05, 3.63) is 60.2 Å². The van der Waals surface area contributed by atoms with Gasteiger partial charge >= 0.3 is 0 Å². The molecule has 4 nitrogen and oxygen atoms in total. The van der Waals surface area contributed by atoms with E-state index in [-0.39, 0.29) is 18.1 Å². The molecule has 0 aromatic heterocycles. The zero-order chi connectivity index (χ0) is 16.1. The minimum Gasteiger partial charge on any atom is -0.486 e. The second-order valence-electron chi connectivity index (χ2n) is 5.74. The Morgan fingerprint density at radius 3 is 2.61 bits per heavy atom. The van der Waals surface area contributed by atoms with Crippen molar-refractivity contribution in [2.24, 2.45) is 0 Å². The van der Waals surface area contributed by atoms with E-state index in [1.807, 2.05) is 61.5 Å². The summed E-state index contributed by atoms with van der Waals surface area (Å²) < 4.78 is 11.5. The van der Waals surface area contributed by atoms with Gasteiger partial charge in [0.2, 0.25) is 5.91 Å². The summed E-state index contributed by atoms with van der Waals surface area (Å²) in [4.78, 5) is 12.1. The van der Waals surface area contributed by atoms with Crippen molar-refractivity contribution in [3.63, 3.8) is 0 Å². The Kier molecular flexibility index (Phi) is 4.81. The number of para-hydroxylation sites is 2. The standard InChI is InChI=1S/C19H21NO3/c1-14(15-7-3-2-4-8-15)20-19(21)12-11-16-13-22-17-9-5-6-10-18(17)23-16/h2-10,14,16H,11-13H2,1H3,(H,20,21)/t14-,16-/m0/s1. The zero-order valence-electron chi connectivity index (χ0n) is 13.2. The van der Waals surface area contributed by atoms with E-state index in [1.54, 1.807) is 0 Å². The zero-order valence-corrected chi connectivity index (χ0v) is 13.2. The molecule has 1 aliphatic heterocycles. The van der Waals surface area contributed by atoms with E-state index in [4.69, 9.17) is 9.47 Å². The largest absolute Gasteiger partial charge is 0.486 e. The Balaban J connectivity index is 1.47. The monoisotopic (exact) mass is 311 g/mol. The molecule has 4 heteroatoms. The van der Waals surface area contributed by atoms with E-state index in [0.29, 0.717) is 19.4 Å². The third-order valence-corrected chi connectivity index (χ3v) is 3.94. The van der Waals surface area contributed by atoms with E-state index in [9.17, 15) is 4.79 Å². The Morgan fingerprint density at radius 1 is 1.13 bits per heavy atom. The fraction of sp³-hybridized carbons (Fsp3) is 0.316. The summed E-state index contributed by atoms with van der Waals surface area (Å²) in [7, 11) is 0. The maximum atomic E-state index is 12.1. The van der Waals surface area contributed by atoms with Crippen LogP contribution in [-0.2, 0) is 4.79 Å². The van der Waals surface area contributed by atoms with Crippen LogP contribution in [0, 0.1) is 0 Å². The van der Waals surface area contributed by atoms with Crippen LogP contribution in [-0.4, -0.2) is 18.6 Å². The number of hydrogen-bond donors (Lipinski definition) is 1. The lowest BCUT2D eigenvalue weighted by molar-refractivity contribution is -0.122. The van der Waals surface area contributed by atoms with Gasteiger partial charge in [-0.1, -0.05) is 42.5 Å². The molecule has 0 saturated heterocycles. The van der Waals surface area contributed by atoms with Crippen LogP contribution in [0.4, 0.5) is 0 Å². The molecule has 2 atom stereocenters. The number of carbonyl (C=O) groups is 1. The van der Waals surface area contributed by atoms with Crippen molar-refractivity contribution in [1.29, 1.82) is 0 Å². The summed E-state index contributed by atoms with van der Waals surface area (Å²) in [6.45, 7) is 2.47.